The highest BCUT2D eigenvalue weighted by molar-refractivity contribution is 5.88. The molecule has 5 nitrogen and oxygen atoms in total. The van der Waals surface area contributed by atoms with Crippen molar-refractivity contribution in [2.24, 2.45) is 0 Å². The van der Waals surface area contributed by atoms with Crippen LogP contribution >= 0.6 is 0 Å². The molecular formula is C20H23N3O2. The van der Waals surface area contributed by atoms with Crippen molar-refractivity contribution in [3.63, 3.8) is 0 Å². The van der Waals surface area contributed by atoms with Gasteiger partial charge in [-0.2, -0.15) is 0 Å². The molecule has 0 aliphatic heterocycles. The summed E-state index contributed by atoms with van der Waals surface area (Å²) in [5.74, 6) is 0.490. The van der Waals surface area contributed by atoms with Crippen molar-refractivity contribution in [2.75, 3.05) is 5.32 Å². The molecule has 0 aliphatic carbocycles. The van der Waals surface area contributed by atoms with E-state index in [-0.39, 0.29) is 0 Å². The number of allylic oxidation sites excluding steroid dienone is 3. The molecule has 1 atom stereocenters. The van der Waals surface area contributed by atoms with Gasteiger partial charge in [-0.1, -0.05) is 25.7 Å². The lowest BCUT2D eigenvalue weighted by Gasteiger charge is -2.12. The van der Waals surface area contributed by atoms with Gasteiger partial charge in [0.05, 0.1) is 11.8 Å². The quantitative estimate of drug-likeness (QED) is 0.594. The van der Waals surface area contributed by atoms with E-state index in [1.165, 1.54) is 0 Å². The predicted octanol–water partition coefficient (Wildman–Crippen LogP) is 3.87. The first kappa shape index (κ1) is 18.5. The lowest BCUT2D eigenvalue weighted by atomic mass is 9.98. The molecule has 0 spiro atoms. The summed E-state index contributed by atoms with van der Waals surface area (Å²) >= 11 is 0. The molecule has 2 aromatic heterocycles. The van der Waals surface area contributed by atoms with E-state index in [1.54, 1.807) is 18.5 Å². The third kappa shape index (κ3) is 4.39. The molecule has 0 saturated heterocycles. The number of aliphatic hydroxyl groups is 1. The zero-order valence-electron chi connectivity index (χ0n) is 14.8. The summed E-state index contributed by atoms with van der Waals surface area (Å²) in [6.07, 6.45) is 8.04. The minimum absolute atomic E-state index is 0.490. The zero-order chi connectivity index (χ0) is 18.4. The summed E-state index contributed by atoms with van der Waals surface area (Å²) in [4.78, 5) is 19.2. The largest absolute Gasteiger partial charge is 0.388 e. The average molecular weight is 337 g/mol. The van der Waals surface area contributed by atoms with Gasteiger partial charge < -0.3 is 10.4 Å². The third-order valence-electron chi connectivity index (χ3n) is 4.02. The van der Waals surface area contributed by atoms with Gasteiger partial charge in [0.2, 0.25) is 6.41 Å². The highest BCUT2D eigenvalue weighted by Gasteiger charge is 2.09. The second kappa shape index (κ2) is 8.35. The fraction of sp³-hybridized carbons (Fsp3) is 0.250. The maximum absolute atomic E-state index is 10.5. The van der Waals surface area contributed by atoms with E-state index in [1.807, 2.05) is 39.0 Å². The fourth-order valence-electron chi connectivity index (χ4n) is 2.62. The monoisotopic (exact) mass is 337 g/mol. The molecule has 1 unspecified atom stereocenters. The highest BCUT2D eigenvalue weighted by atomic mass is 16.3. The molecule has 2 aromatic rings. The van der Waals surface area contributed by atoms with Gasteiger partial charge in [-0.25, -0.2) is 4.98 Å². The topological polar surface area (TPSA) is 75.1 Å². The summed E-state index contributed by atoms with van der Waals surface area (Å²) in [6, 6.07) is 3.73. The normalized spacial score (nSPS) is 13.6. The number of carbonyl (C=O) groups excluding carboxylic acids is 1. The molecule has 0 bridgehead atoms. The Bertz CT molecular complexity index is 853. The zero-order valence-corrected chi connectivity index (χ0v) is 14.8. The summed E-state index contributed by atoms with van der Waals surface area (Å²) in [6.45, 7) is 9.78. The first-order valence-corrected chi connectivity index (χ1v) is 8.18. The lowest BCUT2D eigenvalue weighted by molar-refractivity contribution is -0.105. The fourth-order valence-corrected chi connectivity index (χ4v) is 2.62. The van der Waals surface area contributed by atoms with Crippen LogP contribution in [-0.2, 0) is 4.79 Å². The van der Waals surface area contributed by atoms with Crippen LogP contribution in [0.5, 0.6) is 0 Å². The Balaban J connectivity index is 2.37. The van der Waals surface area contributed by atoms with Crippen LogP contribution in [0.25, 0.3) is 16.3 Å². The molecule has 5 heteroatoms. The van der Waals surface area contributed by atoms with E-state index in [4.69, 9.17) is 0 Å². The molecule has 2 heterocycles. The summed E-state index contributed by atoms with van der Waals surface area (Å²) in [7, 11) is 0. The summed E-state index contributed by atoms with van der Waals surface area (Å²) < 4.78 is 0. The Kier molecular flexibility index (Phi) is 6.19. The van der Waals surface area contributed by atoms with Crippen LogP contribution in [0, 0.1) is 0 Å². The molecule has 25 heavy (non-hydrogen) atoms. The molecule has 0 fully saturated rings. The third-order valence-corrected chi connectivity index (χ3v) is 4.02. The van der Waals surface area contributed by atoms with Crippen LogP contribution in [0.1, 0.15) is 32.9 Å². The first-order chi connectivity index (χ1) is 12.0. The SMILES string of the molecule is C=C(/C=C(C)\C(=C/C)c1cc2cnc(NC=O)cc2cn1)C(O)CC. The molecule has 0 aromatic carbocycles. The predicted molar refractivity (Wildman–Crippen MR) is 102 cm³/mol. The standard InChI is InChI=1S/C20H23N3O2/c1-5-17(13(3)7-14(4)19(25)6-2)18-8-15-11-22-20(23-12-24)9-16(15)10-21-18/h5,7-12,19,25H,4,6H2,1-3H3,(H,22,23,24)/b13-7-,17-5+. The number of pyridine rings is 2. The van der Waals surface area contributed by atoms with E-state index in [2.05, 4.69) is 21.9 Å². The highest BCUT2D eigenvalue weighted by Crippen LogP contribution is 2.26. The number of aliphatic hydroxyl groups excluding tert-OH is 1. The Morgan fingerprint density at radius 2 is 2.00 bits per heavy atom. The van der Waals surface area contributed by atoms with Crippen molar-refractivity contribution >= 4 is 28.6 Å². The van der Waals surface area contributed by atoms with E-state index < -0.39 is 6.10 Å². The Hall–Kier alpha value is -2.79. The Morgan fingerprint density at radius 1 is 1.32 bits per heavy atom. The van der Waals surface area contributed by atoms with Crippen molar-refractivity contribution in [1.29, 1.82) is 0 Å². The smallest absolute Gasteiger partial charge is 0.212 e. The van der Waals surface area contributed by atoms with Gasteiger partial charge in [-0.15, -0.1) is 0 Å². The van der Waals surface area contributed by atoms with Crippen molar-refractivity contribution < 1.29 is 9.90 Å². The minimum atomic E-state index is -0.537. The van der Waals surface area contributed by atoms with E-state index in [0.29, 0.717) is 24.2 Å². The van der Waals surface area contributed by atoms with Crippen LogP contribution in [0.15, 0.2) is 54.4 Å². The van der Waals surface area contributed by atoms with E-state index >= 15 is 0 Å². The number of fused-ring (bicyclic) bond motifs is 1. The van der Waals surface area contributed by atoms with Crippen molar-refractivity contribution in [1.82, 2.24) is 9.97 Å². The van der Waals surface area contributed by atoms with Crippen LogP contribution in [0.4, 0.5) is 5.82 Å². The number of nitrogens with zero attached hydrogens (tertiary/aromatic N) is 2. The number of amides is 1. The number of aromatic nitrogens is 2. The molecule has 2 rings (SSSR count). The number of anilines is 1. The number of nitrogens with one attached hydrogen (secondary N) is 1. The van der Waals surface area contributed by atoms with E-state index in [9.17, 15) is 9.90 Å². The van der Waals surface area contributed by atoms with Crippen LogP contribution in [0.2, 0.25) is 0 Å². The van der Waals surface area contributed by atoms with Gasteiger partial charge in [0.15, 0.2) is 0 Å². The number of carbonyl (C=O) groups is 1. The molecule has 2 N–H and O–H groups in total. The molecule has 1 amide bonds. The van der Waals surface area contributed by atoms with Crippen molar-refractivity contribution in [2.45, 2.75) is 33.3 Å². The molecule has 130 valence electrons. The number of hydrogen-bond donors (Lipinski definition) is 2. The van der Waals surface area contributed by atoms with E-state index in [0.717, 1.165) is 27.6 Å². The number of rotatable bonds is 7. The van der Waals surface area contributed by atoms with Gasteiger partial charge in [-0.3, -0.25) is 9.78 Å². The lowest BCUT2D eigenvalue weighted by Crippen LogP contribution is -2.06. The molecule has 0 radical (unpaired) electrons. The van der Waals surface area contributed by atoms with Gasteiger partial charge in [0.25, 0.3) is 0 Å². The van der Waals surface area contributed by atoms with Crippen molar-refractivity contribution in [3.05, 3.63) is 60.1 Å². The van der Waals surface area contributed by atoms with Crippen LogP contribution in [-0.4, -0.2) is 27.6 Å². The first-order valence-electron chi connectivity index (χ1n) is 8.18. The second-order valence-corrected chi connectivity index (χ2v) is 5.78. The van der Waals surface area contributed by atoms with Gasteiger partial charge in [-0.05, 0) is 49.1 Å². The number of hydrogen-bond acceptors (Lipinski definition) is 4. The minimum Gasteiger partial charge on any atom is -0.388 e. The Morgan fingerprint density at radius 3 is 2.64 bits per heavy atom. The average Bonchev–Trinajstić information content (AvgIpc) is 2.61. The van der Waals surface area contributed by atoms with Crippen LogP contribution in [0.3, 0.4) is 0 Å². The molecule has 0 aliphatic rings. The maximum Gasteiger partial charge on any atom is 0.212 e. The molecule has 0 saturated carbocycles. The van der Waals surface area contributed by atoms with Gasteiger partial charge in [0, 0.05) is 23.2 Å². The van der Waals surface area contributed by atoms with Gasteiger partial charge in [0.1, 0.15) is 5.82 Å². The summed E-state index contributed by atoms with van der Waals surface area (Å²) in [5.41, 5.74) is 3.47. The Labute approximate surface area is 147 Å². The second-order valence-electron chi connectivity index (χ2n) is 5.78. The van der Waals surface area contributed by atoms with Crippen molar-refractivity contribution in [3.8, 4) is 0 Å². The molecular weight excluding hydrogens is 314 g/mol. The van der Waals surface area contributed by atoms with Crippen LogP contribution < -0.4 is 5.32 Å². The maximum atomic E-state index is 10.5. The summed E-state index contributed by atoms with van der Waals surface area (Å²) in [5, 5.41) is 14.2. The van der Waals surface area contributed by atoms with Gasteiger partial charge >= 0.3 is 0 Å².